The van der Waals surface area contributed by atoms with E-state index in [-0.39, 0.29) is 0 Å². The van der Waals surface area contributed by atoms with Crippen LogP contribution in [0.25, 0.3) is 0 Å². The molecular weight excluding hydrogens is 158 g/mol. The highest BCUT2D eigenvalue weighted by Crippen LogP contribution is 2.29. The van der Waals surface area contributed by atoms with Crippen LogP contribution in [0.1, 0.15) is 52.9 Å². The number of nitrogens with one attached hydrogen (secondary N) is 1. The number of hydrogen-bond donors (Lipinski definition) is 1. The molecule has 0 spiro atoms. The predicted octanol–water partition coefficient (Wildman–Crippen LogP) is 3.20. The van der Waals surface area contributed by atoms with Crippen LogP contribution >= 0.6 is 0 Å². The van der Waals surface area contributed by atoms with Crippen LogP contribution < -0.4 is 5.32 Å². The van der Waals surface area contributed by atoms with Gasteiger partial charge in [0.25, 0.3) is 0 Å². The van der Waals surface area contributed by atoms with E-state index in [0.29, 0.717) is 0 Å². The maximum atomic E-state index is 3.67. The van der Waals surface area contributed by atoms with E-state index in [1.165, 1.54) is 38.6 Å². The molecule has 0 radical (unpaired) electrons. The summed E-state index contributed by atoms with van der Waals surface area (Å²) in [6, 6.07) is 0.817. The average molecular weight is 183 g/mol. The first kappa shape index (κ1) is 11.0. The summed E-state index contributed by atoms with van der Waals surface area (Å²) in [5.74, 6) is 1.87. The summed E-state index contributed by atoms with van der Waals surface area (Å²) < 4.78 is 0. The van der Waals surface area contributed by atoms with Gasteiger partial charge in [-0.15, -0.1) is 0 Å². The monoisotopic (exact) mass is 183 g/mol. The second kappa shape index (κ2) is 5.64. The van der Waals surface area contributed by atoms with Gasteiger partial charge in [-0.25, -0.2) is 0 Å². The lowest BCUT2D eigenvalue weighted by atomic mass is 9.79. The maximum absolute atomic E-state index is 3.67. The van der Waals surface area contributed by atoms with Crippen molar-refractivity contribution in [3.8, 4) is 0 Å². The molecule has 1 aliphatic rings. The van der Waals surface area contributed by atoms with Gasteiger partial charge in [-0.05, 0) is 44.1 Å². The number of rotatable bonds is 4. The van der Waals surface area contributed by atoms with Crippen LogP contribution in [0.5, 0.6) is 0 Å². The average Bonchev–Trinajstić information content (AvgIpc) is 2.12. The Kier molecular flexibility index (Phi) is 4.79. The summed E-state index contributed by atoms with van der Waals surface area (Å²) >= 11 is 0. The van der Waals surface area contributed by atoms with E-state index in [1.807, 2.05) is 0 Å². The third-order valence-electron chi connectivity index (χ3n) is 3.56. The van der Waals surface area contributed by atoms with Crippen molar-refractivity contribution >= 4 is 0 Å². The first-order valence-electron chi connectivity index (χ1n) is 5.97. The van der Waals surface area contributed by atoms with Gasteiger partial charge in [-0.1, -0.05) is 27.2 Å². The van der Waals surface area contributed by atoms with Crippen molar-refractivity contribution in [3.63, 3.8) is 0 Å². The molecule has 1 aliphatic carbocycles. The molecule has 0 heterocycles. The minimum Gasteiger partial charge on any atom is -0.314 e. The highest BCUT2D eigenvalue weighted by Gasteiger charge is 2.23. The van der Waals surface area contributed by atoms with Gasteiger partial charge in [0.1, 0.15) is 0 Å². The molecule has 3 atom stereocenters. The third kappa shape index (κ3) is 3.68. The van der Waals surface area contributed by atoms with Crippen LogP contribution in [0.15, 0.2) is 0 Å². The molecular formula is C12H25N. The van der Waals surface area contributed by atoms with E-state index in [4.69, 9.17) is 0 Å². The Balaban J connectivity index is 2.14. The van der Waals surface area contributed by atoms with Crippen molar-refractivity contribution < 1.29 is 0 Å². The van der Waals surface area contributed by atoms with E-state index in [0.717, 1.165) is 17.9 Å². The van der Waals surface area contributed by atoms with Crippen LogP contribution in [-0.2, 0) is 0 Å². The Bertz CT molecular complexity index is 133. The molecule has 0 aromatic rings. The molecule has 0 aromatic carbocycles. The van der Waals surface area contributed by atoms with Gasteiger partial charge in [0.05, 0.1) is 0 Å². The van der Waals surface area contributed by atoms with Crippen LogP contribution in [0, 0.1) is 11.8 Å². The van der Waals surface area contributed by atoms with Crippen LogP contribution in [0.3, 0.4) is 0 Å². The fourth-order valence-corrected chi connectivity index (χ4v) is 2.22. The van der Waals surface area contributed by atoms with Gasteiger partial charge in [0.15, 0.2) is 0 Å². The Labute approximate surface area is 83.3 Å². The van der Waals surface area contributed by atoms with E-state index >= 15 is 0 Å². The van der Waals surface area contributed by atoms with Gasteiger partial charge >= 0.3 is 0 Å². The van der Waals surface area contributed by atoms with Crippen molar-refractivity contribution in [2.24, 2.45) is 11.8 Å². The first-order valence-corrected chi connectivity index (χ1v) is 5.97. The molecule has 1 nitrogen and oxygen atoms in total. The summed E-state index contributed by atoms with van der Waals surface area (Å²) in [4.78, 5) is 0. The van der Waals surface area contributed by atoms with Gasteiger partial charge in [0, 0.05) is 6.04 Å². The van der Waals surface area contributed by atoms with Gasteiger partial charge in [-0.3, -0.25) is 0 Å². The van der Waals surface area contributed by atoms with Gasteiger partial charge in [0.2, 0.25) is 0 Å². The molecule has 1 fully saturated rings. The molecule has 1 rings (SSSR count). The van der Waals surface area contributed by atoms with Crippen molar-refractivity contribution in [2.75, 3.05) is 6.54 Å². The lowest BCUT2D eigenvalue weighted by Gasteiger charge is -2.32. The number of hydrogen-bond acceptors (Lipinski definition) is 1. The zero-order valence-corrected chi connectivity index (χ0v) is 9.47. The Morgan fingerprint density at radius 2 is 1.92 bits per heavy atom. The van der Waals surface area contributed by atoms with Crippen LogP contribution in [0.4, 0.5) is 0 Å². The molecule has 0 saturated heterocycles. The fraction of sp³-hybridized carbons (Fsp3) is 1.00. The third-order valence-corrected chi connectivity index (χ3v) is 3.56. The summed E-state index contributed by atoms with van der Waals surface area (Å²) in [6.45, 7) is 8.28. The standard InChI is InChI=1S/C12H25N/c1-4-5-8-13-12-7-6-10(2)11(3)9-12/h10-13H,4-9H2,1-3H3/t10-,11+,12-/m1/s1. The Morgan fingerprint density at radius 1 is 1.15 bits per heavy atom. The lowest BCUT2D eigenvalue weighted by Crippen LogP contribution is -2.36. The first-order chi connectivity index (χ1) is 6.24. The van der Waals surface area contributed by atoms with E-state index in [2.05, 4.69) is 26.1 Å². The Morgan fingerprint density at radius 3 is 2.54 bits per heavy atom. The van der Waals surface area contributed by atoms with Crippen molar-refractivity contribution in [1.82, 2.24) is 5.32 Å². The second-order valence-corrected chi connectivity index (χ2v) is 4.77. The van der Waals surface area contributed by atoms with Crippen molar-refractivity contribution in [1.29, 1.82) is 0 Å². The SMILES string of the molecule is CCCCN[C@@H]1CC[C@@H](C)[C@@H](C)C1. The minimum atomic E-state index is 0.817. The quantitative estimate of drug-likeness (QED) is 0.660. The molecule has 0 unspecified atom stereocenters. The minimum absolute atomic E-state index is 0.817. The van der Waals surface area contributed by atoms with Crippen molar-refractivity contribution in [3.05, 3.63) is 0 Å². The largest absolute Gasteiger partial charge is 0.314 e. The van der Waals surface area contributed by atoms with Crippen LogP contribution in [-0.4, -0.2) is 12.6 Å². The topological polar surface area (TPSA) is 12.0 Å². The summed E-state index contributed by atoms with van der Waals surface area (Å²) in [5.41, 5.74) is 0. The summed E-state index contributed by atoms with van der Waals surface area (Å²) in [5, 5.41) is 3.67. The maximum Gasteiger partial charge on any atom is 0.00698 e. The molecule has 13 heavy (non-hydrogen) atoms. The Hall–Kier alpha value is -0.0400. The number of unbranched alkanes of at least 4 members (excludes halogenated alkanes) is 1. The highest BCUT2D eigenvalue weighted by atomic mass is 14.9. The van der Waals surface area contributed by atoms with Crippen LogP contribution in [0.2, 0.25) is 0 Å². The lowest BCUT2D eigenvalue weighted by molar-refractivity contribution is 0.226. The molecule has 0 amide bonds. The zero-order chi connectivity index (χ0) is 9.68. The van der Waals surface area contributed by atoms with Gasteiger partial charge in [-0.2, -0.15) is 0 Å². The van der Waals surface area contributed by atoms with Gasteiger partial charge < -0.3 is 5.32 Å². The smallest absolute Gasteiger partial charge is 0.00698 e. The fourth-order valence-electron chi connectivity index (χ4n) is 2.22. The molecule has 1 N–H and O–H groups in total. The van der Waals surface area contributed by atoms with E-state index in [9.17, 15) is 0 Å². The molecule has 0 aliphatic heterocycles. The van der Waals surface area contributed by atoms with Crippen molar-refractivity contribution in [2.45, 2.75) is 58.9 Å². The van der Waals surface area contributed by atoms with E-state index in [1.54, 1.807) is 0 Å². The van der Waals surface area contributed by atoms with E-state index < -0.39 is 0 Å². The predicted molar refractivity (Wildman–Crippen MR) is 58.9 cm³/mol. The zero-order valence-electron chi connectivity index (χ0n) is 9.47. The molecule has 0 bridgehead atoms. The molecule has 0 aromatic heterocycles. The molecule has 1 heteroatoms. The summed E-state index contributed by atoms with van der Waals surface area (Å²) in [7, 11) is 0. The molecule has 1 saturated carbocycles. The second-order valence-electron chi connectivity index (χ2n) is 4.77. The normalized spacial score (nSPS) is 34.8. The summed E-state index contributed by atoms with van der Waals surface area (Å²) in [6.07, 6.45) is 6.86. The highest BCUT2D eigenvalue weighted by molar-refractivity contribution is 4.79. The molecule has 78 valence electrons.